The Bertz CT molecular complexity index is 1050. The lowest BCUT2D eigenvalue weighted by molar-refractivity contribution is 0.0938. The molecule has 0 aliphatic heterocycles. The molecule has 0 bridgehead atoms. The summed E-state index contributed by atoms with van der Waals surface area (Å²) in [7, 11) is -0.206. The van der Waals surface area contributed by atoms with Gasteiger partial charge in [-0.05, 0) is 60.5 Å². The Balaban J connectivity index is 1.41. The molecule has 2 N–H and O–H groups in total. The van der Waals surface area contributed by atoms with Gasteiger partial charge in [0.2, 0.25) is 0 Å². The molecule has 7 heteroatoms. The van der Waals surface area contributed by atoms with Crippen LogP contribution < -0.4 is 10.6 Å². The third-order valence-electron chi connectivity index (χ3n) is 7.80. The van der Waals surface area contributed by atoms with Crippen LogP contribution in [-0.2, 0) is 10.8 Å². The lowest BCUT2D eigenvalue weighted by Crippen LogP contribution is -2.44. The predicted molar refractivity (Wildman–Crippen MR) is 136 cm³/mol. The molecule has 182 valence electrons. The van der Waals surface area contributed by atoms with Crippen molar-refractivity contribution in [3.63, 3.8) is 0 Å². The van der Waals surface area contributed by atoms with Gasteiger partial charge in [0, 0.05) is 36.9 Å². The number of fused-ring (bicyclic) bond motifs is 1. The number of rotatable bonds is 7. The largest absolute Gasteiger partial charge is 0.414 e. The van der Waals surface area contributed by atoms with Crippen molar-refractivity contribution in [2.45, 2.75) is 70.3 Å². The number of aromatic nitrogens is 1. The summed E-state index contributed by atoms with van der Waals surface area (Å²) in [4.78, 5) is 29.9. The molecule has 2 saturated carbocycles. The first-order chi connectivity index (χ1) is 16.0. The van der Waals surface area contributed by atoms with E-state index in [0.29, 0.717) is 35.6 Å². The predicted octanol–water partition coefficient (Wildman–Crippen LogP) is 4.56. The molecule has 0 saturated heterocycles. The molecule has 0 radical (unpaired) electrons. The maximum atomic E-state index is 13.1. The summed E-state index contributed by atoms with van der Waals surface area (Å²) in [6.45, 7) is 11.4. The second-order valence-electron chi connectivity index (χ2n) is 11.3. The van der Waals surface area contributed by atoms with E-state index in [1.54, 1.807) is 19.2 Å². The first kappa shape index (κ1) is 24.6. The summed E-state index contributed by atoms with van der Waals surface area (Å²) in [6.07, 6.45) is 2.90. The summed E-state index contributed by atoms with van der Waals surface area (Å²) < 4.78 is 6.60. The van der Waals surface area contributed by atoms with Crippen LogP contribution in [0.4, 0.5) is 0 Å². The monoisotopic (exact) mass is 479 g/mol. The van der Waals surface area contributed by atoms with Crippen molar-refractivity contribution in [2.75, 3.05) is 7.05 Å². The Kier molecular flexibility index (Phi) is 6.71. The molecular weight excluding hydrogens is 442 g/mol. The maximum Gasteiger partial charge on any atom is 0.269 e. The summed E-state index contributed by atoms with van der Waals surface area (Å²) in [6, 6.07) is 13.5. The van der Waals surface area contributed by atoms with Crippen molar-refractivity contribution in [1.82, 2.24) is 15.6 Å². The van der Waals surface area contributed by atoms with Crippen LogP contribution in [0.5, 0.6) is 0 Å². The SMILES string of the molecule is CNC(=O)c1cc(C(=O)N[C@H]2[C@@H]3CC(O[Si](C)(C)C(C)(C)C)C[C@@H]32)cc(Cc2ccccc2)n1. The van der Waals surface area contributed by atoms with Gasteiger partial charge in [-0.1, -0.05) is 51.1 Å². The number of pyridine rings is 1. The highest BCUT2D eigenvalue weighted by atomic mass is 28.4. The second kappa shape index (κ2) is 9.27. The van der Waals surface area contributed by atoms with E-state index in [1.807, 2.05) is 30.3 Å². The fraction of sp³-hybridized carbons (Fsp3) is 0.519. The van der Waals surface area contributed by atoms with Crippen LogP contribution in [0.25, 0.3) is 0 Å². The van der Waals surface area contributed by atoms with Crippen LogP contribution in [0.15, 0.2) is 42.5 Å². The average molecular weight is 480 g/mol. The van der Waals surface area contributed by atoms with Crippen LogP contribution in [0, 0.1) is 11.8 Å². The molecule has 2 aliphatic carbocycles. The fourth-order valence-corrected chi connectivity index (χ4v) is 6.17. The van der Waals surface area contributed by atoms with Crippen molar-refractivity contribution < 1.29 is 14.0 Å². The summed E-state index contributed by atoms with van der Waals surface area (Å²) in [5, 5.41) is 6.04. The summed E-state index contributed by atoms with van der Waals surface area (Å²) >= 11 is 0. The van der Waals surface area contributed by atoms with E-state index in [2.05, 4.69) is 49.5 Å². The van der Waals surface area contributed by atoms with E-state index >= 15 is 0 Å². The number of amides is 2. The second-order valence-corrected chi connectivity index (χ2v) is 16.0. The van der Waals surface area contributed by atoms with E-state index in [9.17, 15) is 9.59 Å². The lowest BCUT2D eigenvalue weighted by Gasteiger charge is -2.39. The Morgan fingerprint density at radius 2 is 1.71 bits per heavy atom. The van der Waals surface area contributed by atoms with Crippen LogP contribution in [0.3, 0.4) is 0 Å². The van der Waals surface area contributed by atoms with E-state index in [-0.39, 0.29) is 28.6 Å². The Morgan fingerprint density at radius 3 is 2.29 bits per heavy atom. The van der Waals surface area contributed by atoms with Gasteiger partial charge in [-0.15, -0.1) is 0 Å². The number of benzene rings is 1. The normalized spacial score (nSPS) is 23.8. The highest BCUT2D eigenvalue weighted by Gasteiger charge is 2.58. The van der Waals surface area contributed by atoms with Crippen LogP contribution >= 0.6 is 0 Å². The molecule has 2 aliphatic rings. The van der Waals surface area contributed by atoms with Crippen molar-refractivity contribution in [1.29, 1.82) is 0 Å². The van der Waals surface area contributed by atoms with Crippen molar-refractivity contribution in [3.05, 3.63) is 65.0 Å². The van der Waals surface area contributed by atoms with Gasteiger partial charge in [0.05, 0.1) is 0 Å². The first-order valence-corrected chi connectivity index (χ1v) is 15.1. The van der Waals surface area contributed by atoms with Gasteiger partial charge in [0.15, 0.2) is 8.32 Å². The van der Waals surface area contributed by atoms with E-state index in [1.165, 1.54) is 0 Å². The van der Waals surface area contributed by atoms with E-state index in [4.69, 9.17) is 4.43 Å². The van der Waals surface area contributed by atoms with Crippen LogP contribution in [0.2, 0.25) is 18.1 Å². The fourth-order valence-electron chi connectivity index (χ4n) is 4.79. The number of carbonyl (C=O) groups excluding carboxylic acids is 2. The Morgan fingerprint density at radius 1 is 1.06 bits per heavy atom. The topological polar surface area (TPSA) is 80.3 Å². The molecular formula is C27H37N3O3Si. The zero-order valence-electron chi connectivity index (χ0n) is 21.1. The molecule has 2 fully saturated rings. The smallest absolute Gasteiger partial charge is 0.269 e. The molecule has 4 rings (SSSR count). The number of nitrogens with one attached hydrogen (secondary N) is 2. The maximum absolute atomic E-state index is 13.1. The van der Waals surface area contributed by atoms with Gasteiger partial charge < -0.3 is 15.1 Å². The van der Waals surface area contributed by atoms with Gasteiger partial charge in [-0.3, -0.25) is 9.59 Å². The van der Waals surface area contributed by atoms with E-state index < -0.39 is 8.32 Å². The van der Waals surface area contributed by atoms with Gasteiger partial charge in [-0.25, -0.2) is 4.98 Å². The molecule has 1 unspecified atom stereocenters. The molecule has 2 aromatic rings. The standard InChI is InChI=1S/C27H37N3O3Si/c1-27(2,3)34(5,6)33-20-15-21-22(16-20)24(21)30-25(31)18-13-19(12-17-10-8-7-9-11-17)29-23(14-18)26(32)28-4/h7-11,13-14,20-22,24H,12,15-16H2,1-6H3,(H,28,32)(H,30,31)/t20?,21-,22+,24+. The molecule has 1 aromatic carbocycles. The summed E-state index contributed by atoms with van der Waals surface area (Å²) in [5.41, 5.74) is 2.54. The number of nitrogens with zero attached hydrogens (tertiary/aromatic N) is 1. The number of hydrogen-bond acceptors (Lipinski definition) is 4. The number of hydrogen-bond donors (Lipinski definition) is 2. The van der Waals surface area contributed by atoms with Crippen LogP contribution in [0.1, 0.15) is 65.7 Å². The molecule has 0 spiro atoms. The number of carbonyl (C=O) groups is 2. The lowest BCUT2D eigenvalue weighted by atomic mass is 10.1. The Hall–Kier alpha value is -2.51. The zero-order chi connectivity index (χ0) is 24.7. The van der Waals surface area contributed by atoms with Gasteiger partial charge in [-0.2, -0.15) is 0 Å². The van der Waals surface area contributed by atoms with Gasteiger partial charge in [0.1, 0.15) is 5.69 Å². The van der Waals surface area contributed by atoms with Gasteiger partial charge >= 0.3 is 0 Å². The van der Waals surface area contributed by atoms with Crippen LogP contribution in [-0.4, -0.2) is 44.3 Å². The minimum Gasteiger partial charge on any atom is -0.414 e. The summed E-state index contributed by atoms with van der Waals surface area (Å²) in [5.74, 6) is 0.548. The molecule has 1 aromatic heterocycles. The van der Waals surface area contributed by atoms with E-state index in [0.717, 1.165) is 18.4 Å². The van der Waals surface area contributed by atoms with Crippen molar-refractivity contribution >= 4 is 20.1 Å². The first-order valence-electron chi connectivity index (χ1n) is 12.2. The van der Waals surface area contributed by atoms with Crippen molar-refractivity contribution in [2.24, 2.45) is 11.8 Å². The molecule has 6 nitrogen and oxygen atoms in total. The highest BCUT2D eigenvalue weighted by molar-refractivity contribution is 6.74. The third-order valence-corrected chi connectivity index (χ3v) is 12.3. The third kappa shape index (κ3) is 5.25. The molecule has 1 heterocycles. The Labute approximate surface area is 204 Å². The molecule has 4 atom stereocenters. The molecule has 34 heavy (non-hydrogen) atoms. The zero-order valence-corrected chi connectivity index (χ0v) is 22.1. The van der Waals surface area contributed by atoms with Gasteiger partial charge in [0.25, 0.3) is 11.8 Å². The quantitative estimate of drug-likeness (QED) is 0.571. The minimum absolute atomic E-state index is 0.136. The average Bonchev–Trinajstić information content (AvgIpc) is 3.21. The molecule has 2 amide bonds. The minimum atomic E-state index is -1.78. The van der Waals surface area contributed by atoms with Crippen molar-refractivity contribution in [3.8, 4) is 0 Å². The highest BCUT2D eigenvalue weighted by Crippen LogP contribution is 2.54.